The van der Waals surface area contributed by atoms with E-state index in [2.05, 4.69) is 42.5 Å². The van der Waals surface area contributed by atoms with E-state index in [1.165, 1.54) is 28.2 Å². The zero-order valence-corrected chi connectivity index (χ0v) is 13.9. The second kappa shape index (κ2) is 5.64. The fourth-order valence-corrected chi connectivity index (χ4v) is 3.37. The fourth-order valence-electron chi connectivity index (χ4n) is 2.38. The van der Waals surface area contributed by atoms with Gasteiger partial charge in [-0.15, -0.1) is 11.3 Å². The van der Waals surface area contributed by atoms with Gasteiger partial charge in [0.25, 0.3) is 0 Å². The molecule has 2 aromatic heterocycles. The minimum Gasteiger partial charge on any atom is -0.373 e. The molecular weight excluding hydrogens is 280 g/mol. The van der Waals surface area contributed by atoms with Gasteiger partial charge in [0.1, 0.15) is 17.5 Å². The van der Waals surface area contributed by atoms with Crippen LogP contribution in [0.3, 0.4) is 0 Å². The largest absolute Gasteiger partial charge is 0.373 e. The van der Waals surface area contributed by atoms with E-state index in [0.717, 1.165) is 29.6 Å². The van der Waals surface area contributed by atoms with Crippen LogP contribution in [0.25, 0.3) is 0 Å². The third-order valence-corrected chi connectivity index (χ3v) is 5.14. The van der Waals surface area contributed by atoms with Crippen LogP contribution in [0.4, 0.5) is 11.6 Å². The lowest BCUT2D eigenvalue weighted by Crippen LogP contribution is -2.09. The summed E-state index contributed by atoms with van der Waals surface area (Å²) in [6, 6.07) is 2.25. The lowest BCUT2D eigenvalue weighted by molar-refractivity contribution is 0.915. The molecule has 0 unspecified atom stereocenters. The van der Waals surface area contributed by atoms with Gasteiger partial charge in [0.05, 0.1) is 6.54 Å². The molecule has 1 fully saturated rings. The molecule has 5 heteroatoms. The number of nitrogens with zero attached hydrogens (tertiary/aromatic N) is 2. The van der Waals surface area contributed by atoms with E-state index in [9.17, 15) is 0 Å². The first-order valence-electron chi connectivity index (χ1n) is 7.44. The van der Waals surface area contributed by atoms with E-state index in [-0.39, 0.29) is 0 Å². The second-order valence-electron chi connectivity index (χ2n) is 5.73. The van der Waals surface area contributed by atoms with E-state index < -0.39 is 0 Å². The van der Waals surface area contributed by atoms with Gasteiger partial charge in [-0.3, -0.25) is 0 Å². The van der Waals surface area contributed by atoms with Gasteiger partial charge < -0.3 is 10.6 Å². The lowest BCUT2D eigenvalue weighted by atomic mass is 10.2. The molecule has 2 aromatic rings. The van der Waals surface area contributed by atoms with Gasteiger partial charge in [0.15, 0.2) is 0 Å². The highest BCUT2D eigenvalue weighted by molar-refractivity contribution is 7.12. The van der Waals surface area contributed by atoms with Crippen LogP contribution in [0.15, 0.2) is 6.07 Å². The number of aryl methyl sites for hydroxylation is 2. The number of anilines is 2. The minimum atomic E-state index is 0.560. The van der Waals surface area contributed by atoms with Crippen molar-refractivity contribution in [2.75, 3.05) is 17.7 Å². The molecular formula is C16H22N4S. The normalized spacial score (nSPS) is 14.3. The van der Waals surface area contributed by atoms with Crippen LogP contribution in [0.5, 0.6) is 0 Å². The maximum absolute atomic E-state index is 4.73. The van der Waals surface area contributed by atoms with Crippen LogP contribution in [-0.2, 0) is 6.54 Å². The molecule has 2 N–H and O–H groups in total. The molecule has 112 valence electrons. The summed E-state index contributed by atoms with van der Waals surface area (Å²) >= 11 is 1.85. The highest BCUT2D eigenvalue weighted by Gasteiger charge is 2.28. The van der Waals surface area contributed by atoms with Crippen LogP contribution in [0, 0.1) is 20.8 Å². The first-order valence-corrected chi connectivity index (χ1v) is 8.26. The summed E-state index contributed by atoms with van der Waals surface area (Å²) in [4.78, 5) is 12.1. The first-order chi connectivity index (χ1) is 10.1. The Balaban J connectivity index is 1.81. The summed E-state index contributed by atoms with van der Waals surface area (Å²) in [5, 5.41) is 6.67. The third kappa shape index (κ3) is 3.02. The maximum Gasteiger partial charge on any atom is 0.136 e. The number of thiophene rings is 1. The Bertz CT molecular complexity index is 639. The van der Waals surface area contributed by atoms with Crippen molar-refractivity contribution >= 4 is 23.0 Å². The highest BCUT2D eigenvalue weighted by Crippen LogP contribution is 2.39. The van der Waals surface area contributed by atoms with E-state index in [4.69, 9.17) is 4.98 Å². The second-order valence-corrected chi connectivity index (χ2v) is 7.07. The Labute approximate surface area is 130 Å². The minimum absolute atomic E-state index is 0.560. The molecule has 0 saturated heterocycles. The molecule has 1 saturated carbocycles. The van der Waals surface area contributed by atoms with Crippen molar-refractivity contribution < 1.29 is 0 Å². The quantitative estimate of drug-likeness (QED) is 0.876. The first kappa shape index (κ1) is 14.3. The molecule has 0 aromatic carbocycles. The number of rotatable bonds is 5. The molecule has 1 aliphatic rings. The van der Waals surface area contributed by atoms with Gasteiger partial charge in [-0.25, -0.2) is 9.97 Å². The predicted octanol–water partition coefficient (Wildman–Crippen LogP) is 3.99. The summed E-state index contributed by atoms with van der Waals surface area (Å²) in [6.45, 7) is 7.22. The van der Waals surface area contributed by atoms with Crippen LogP contribution >= 0.6 is 11.3 Å². The van der Waals surface area contributed by atoms with Gasteiger partial charge in [0.2, 0.25) is 0 Å². The van der Waals surface area contributed by atoms with Gasteiger partial charge in [-0.1, -0.05) is 0 Å². The van der Waals surface area contributed by atoms with Crippen molar-refractivity contribution in [1.29, 1.82) is 0 Å². The zero-order chi connectivity index (χ0) is 15.0. The van der Waals surface area contributed by atoms with Crippen molar-refractivity contribution in [3.8, 4) is 0 Å². The average molecular weight is 302 g/mol. The van der Waals surface area contributed by atoms with Crippen molar-refractivity contribution in [3.05, 3.63) is 32.8 Å². The summed E-state index contributed by atoms with van der Waals surface area (Å²) in [5.41, 5.74) is 2.46. The van der Waals surface area contributed by atoms with E-state index in [1.807, 2.05) is 18.4 Å². The molecule has 4 nitrogen and oxygen atoms in total. The Kier molecular flexibility index (Phi) is 3.85. The molecule has 21 heavy (non-hydrogen) atoms. The van der Waals surface area contributed by atoms with Gasteiger partial charge in [0, 0.05) is 28.3 Å². The summed E-state index contributed by atoms with van der Waals surface area (Å²) in [5.74, 6) is 3.43. The molecule has 3 rings (SSSR count). The number of aromatic nitrogens is 2. The van der Waals surface area contributed by atoms with E-state index in [1.54, 1.807) is 0 Å². The topological polar surface area (TPSA) is 49.8 Å². The molecule has 0 radical (unpaired) electrons. The summed E-state index contributed by atoms with van der Waals surface area (Å²) < 4.78 is 0. The molecule has 0 spiro atoms. The maximum atomic E-state index is 4.73. The number of hydrogen-bond donors (Lipinski definition) is 2. The van der Waals surface area contributed by atoms with Gasteiger partial charge in [-0.05, 0) is 45.2 Å². The van der Waals surface area contributed by atoms with Gasteiger partial charge in [-0.2, -0.15) is 0 Å². The monoisotopic (exact) mass is 302 g/mol. The van der Waals surface area contributed by atoms with Crippen molar-refractivity contribution in [1.82, 2.24) is 9.97 Å². The lowest BCUT2D eigenvalue weighted by Gasteiger charge is -2.13. The zero-order valence-electron chi connectivity index (χ0n) is 13.1. The van der Waals surface area contributed by atoms with Crippen LogP contribution in [0.1, 0.15) is 45.5 Å². The van der Waals surface area contributed by atoms with Crippen LogP contribution < -0.4 is 10.6 Å². The predicted molar refractivity (Wildman–Crippen MR) is 89.4 cm³/mol. The van der Waals surface area contributed by atoms with Crippen LogP contribution in [-0.4, -0.2) is 17.0 Å². The van der Waals surface area contributed by atoms with Crippen molar-refractivity contribution in [2.45, 2.75) is 46.1 Å². The average Bonchev–Trinajstić information content (AvgIpc) is 3.25. The summed E-state index contributed by atoms with van der Waals surface area (Å²) in [7, 11) is 1.92. The molecule has 2 heterocycles. The Morgan fingerprint density at radius 3 is 2.48 bits per heavy atom. The molecule has 0 bridgehead atoms. The number of nitrogens with one attached hydrogen (secondary N) is 2. The van der Waals surface area contributed by atoms with E-state index in [0.29, 0.717) is 5.92 Å². The Hall–Kier alpha value is -1.62. The SMILES string of the molecule is CNc1nc(C2CC2)nc(NCc2cc(C)c(C)s2)c1C. The smallest absolute Gasteiger partial charge is 0.136 e. The van der Waals surface area contributed by atoms with Crippen molar-refractivity contribution in [2.24, 2.45) is 0 Å². The fraction of sp³-hybridized carbons (Fsp3) is 0.500. The molecule has 0 atom stereocenters. The highest BCUT2D eigenvalue weighted by atomic mass is 32.1. The standard InChI is InChI=1S/C16H22N4S/c1-9-7-13(21-11(9)3)8-18-15-10(2)14(17-4)19-16(20-15)12-5-6-12/h7,12H,5-6,8H2,1-4H3,(H2,17,18,19,20). The van der Waals surface area contributed by atoms with E-state index >= 15 is 0 Å². The Morgan fingerprint density at radius 2 is 1.90 bits per heavy atom. The molecule has 1 aliphatic carbocycles. The summed E-state index contributed by atoms with van der Waals surface area (Å²) in [6.07, 6.45) is 2.43. The third-order valence-electron chi connectivity index (χ3n) is 3.99. The number of hydrogen-bond acceptors (Lipinski definition) is 5. The Morgan fingerprint density at radius 1 is 1.19 bits per heavy atom. The van der Waals surface area contributed by atoms with Crippen LogP contribution in [0.2, 0.25) is 0 Å². The molecule has 0 aliphatic heterocycles. The van der Waals surface area contributed by atoms with Gasteiger partial charge >= 0.3 is 0 Å². The molecule has 0 amide bonds. The van der Waals surface area contributed by atoms with Crippen molar-refractivity contribution in [3.63, 3.8) is 0 Å².